The lowest BCUT2D eigenvalue weighted by molar-refractivity contribution is -0.135. The molecule has 2 heterocycles. The summed E-state index contributed by atoms with van der Waals surface area (Å²) in [6.45, 7) is 2.30. The minimum atomic E-state index is -0.306. The fourth-order valence-corrected chi connectivity index (χ4v) is 3.40. The van der Waals surface area contributed by atoms with Gasteiger partial charge >= 0.3 is 0 Å². The summed E-state index contributed by atoms with van der Waals surface area (Å²) >= 11 is 0. The Morgan fingerprint density at radius 2 is 2.03 bits per heavy atom. The molecule has 152 valence electrons. The first kappa shape index (κ1) is 19.2. The normalized spacial score (nSPS) is 17.4. The summed E-state index contributed by atoms with van der Waals surface area (Å²) in [5.74, 6) is 1.71. The molecule has 1 aromatic heterocycles. The van der Waals surface area contributed by atoms with Crippen LogP contribution in [0, 0.1) is 5.82 Å². The summed E-state index contributed by atoms with van der Waals surface area (Å²) in [7, 11) is 1.71. The lowest BCUT2D eigenvalue weighted by Crippen LogP contribution is -2.55. The van der Waals surface area contributed by atoms with E-state index in [0.29, 0.717) is 36.6 Å². The van der Waals surface area contributed by atoms with Crippen LogP contribution in [-0.4, -0.2) is 59.4 Å². The summed E-state index contributed by atoms with van der Waals surface area (Å²) < 4.78 is 18.8. The van der Waals surface area contributed by atoms with Gasteiger partial charge in [0, 0.05) is 38.4 Å². The van der Waals surface area contributed by atoms with Gasteiger partial charge in [0.25, 0.3) is 0 Å². The zero-order valence-electron chi connectivity index (χ0n) is 16.3. The summed E-state index contributed by atoms with van der Waals surface area (Å²) in [4.78, 5) is 25.0. The Bertz CT molecular complexity index is 898. The van der Waals surface area contributed by atoms with E-state index in [2.05, 4.69) is 15.3 Å². The number of hydrogen-bond acceptors (Lipinski definition) is 4. The Morgan fingerprint density at radius 3 is 2.72 bits per heavy atom. The number of carbonyl (C=O) groups excluding carboxylic acids is 1. The fraction of sp³-hybridized carbons (Fsp3) is 0.381. The molecule has 1 aliphatic carbocycles. The minimum absolute atomic E-state index is 0.162. The lowest BCUT2D eigenvalue weighted by atomic mass is 10.3. The van der Waals surface area contributed by atoms with E-state index in [0.717, 1.165) is 31.6 Å². The molecule has 0 atom stereocenters. The summed E-state index contributed by atoms with van der Waals surface area (Å²) in [6.07, 6.45) is 3.91. The third kappa shape index (κ3) is 4.82. The number of nitrogens with one attached hydrogen (secondary N) is 1. The zero-order chi connectivity index (χ0) is 20.2. The Hall–Kier alpha value is -3.16. The van der Waals surface area contributed by atoms with Gasteiger partial charge in [0.15, 0.2) is 5.96 Å². The highest BCUT2D eigenvalue weighted by Crippen LogP contribution is 2.28. The highest BCUT2D eigenvalue weighted by atomic mass is 19.1. The Morgan fingerprint density at radius 1 is 1.24 bits per heavy atom. The lowest BCUT2D eigenvalue weighted by Gasteiger charge is -2.36. The Labute approximate surface area is 169 Å². The first-order chi connectivity index (χ1) is 14.1. The van der Waals surface area contributed by atoms with Crippen LogP contribution in [0.2, 0.25) is 0 Å². The van der Waals surface area contributed by atoms with Gasteiger partial charge in [-0.05, 0) is 43.2 Å². The van der Waals surface area contributed by atoms with E-state index in [9.17, 15) is 9.18 Å². The van der Waals surface area contributed by atoms with Crippen molar-refractivity contribution >= 4 is 11.9 Å². The van der Waals surface area contributed by atoms with Gasteiger partial charge in [0.2, 0.25) is 5.91 Å². The maximum atomic E-state index is 13.0. The number of benzene rings is 1. The molecule has 0 bridgehead atoms. The second kappa shape index (κ2) is 8.46. The number of carbonyl (C=O) groups is 1. The van der Waals surface area contributed by atoms with Crippen LogP contribution in [0.15, 0.2) is 47.6 Å². The SMILES string of the molecule is CN=C(NCc1cc(Oc2ccc(F)cc2)ccn1)N1CCN(C2CC2)C(=O)C1. The molecule has 29 heavy (non-hydrogen) atoms. The average molecular weight is 397 g/mol. The molecule has 4 rings (SSSR count). The number of aliphatic imine (C=N–C) groups is 1. The van der Waals surface area contributed by atoms with Gasteiger partial charge in [0.05, 0.1) is 18.8 Å². The number of hydrogen-bond donors (Lipinski definition) is 1. The molecular weight excluding hydrogens is 373 g/mol. The molecule has 2 aromatic rings. The molecule has 0 radical (unpaired) electrons. The first-order valence-electron chi connectivity index (χ1n) is 9.76. The molecule has 7 nitrogen and oxygen atoms in total. The van der Waals surface area contributed by atoms with Crippen molar-refractivity contribution in [3.8, 4) is 11.5 Å². The molecule has 2 fully saturated rings. The molecule has 0 spiro atoms. The number of guanidine groups is 1. The second-order valence-corrected chi connectivity index (χ2v) is 7.18. The summed E-state index contributed by atoms with van der Waals surface area (Å²) in [5.41, 5.74) is 0.772. The number of amides is 1. The monoisotopic (exact) mass is 397 g/mol. The maximum Gasteiger partial charge on any atom is 0.242 e. The number of ether oxygens (including phenoxy) is 1. The predicted octanol–water partition coefficient (Wildman–Crippen LogP) is 2.40. The third-order valence-electron chi connectivity index (χ3n) is 5.02. The van der Waals surface area contributed by atoms with Gasteiger partial charge in [-0.3, -0.25) is 14.8 Å². The van der Waals surface area contributed by atoms with Crippen LogP contribution in [0.25, 0.3) is 0 Å². The number of halogens is 1. The van der Waals surface area contributed by atoms with Crippen LogP contribution in [-0.2, 0) is 11.3 Å². The molecule has 8 heteroatoms. The third-order valence-corrected chi connectivity index (χ3v) is 5.02. The Kier molecular flexibility index (Phi) is 5.59. The molecule has 1 N–H and O–H groups in total. The van der Waals surface area contributed by atoms with Crippen LogP contribution in [0.3, 0.4) is 0 Å². The van der Waals surface area contributed by atoms with Crippen LogP contribution in [0.1, 0.15) is 18.5 Å². The van der Waals surface area contributed by atoms with Crippen molar-refractivity contribution in [3.05, 3.63) is 54.1 Å². The molecule has 1 aromatic carbocycles. The molecule has 1 saturated heterocycles. The van der Waals surface area contributed by atoms with E-state index >= 15 is 0 Å². The predicted molar refractivity (Wildman–Crippen MR) is 107 cm³/mol. The number of pyridine rings is 1. The minimum Gasteiger partial charge on any atom is -0.457 e. The largest absolute Gasteiger partial charge is 0.457 e. The van der Waals surface area contributed by atoms with Crippen molar-refractivity contribution in [1.82, 2.24) is 20.1 Å². The Balaban J connectivity index is 1.34. The number of aromatic nitrogens is 1. The van der Waals surface area contributed by atoms with Gasteiger partial charge in [-0.2, -0.15) is 0 Å². The van der Waals surface area contributed by atoms with E-state index < -0.39 is 0 Å². The number of nitrogens with zero attached hydrogens (tertiary/aromatic N) is 4. The highest BCUT2D eigenvalue weighted by Gasteiger charge is 2.36. The number of piperazine rings is 1. The summed E-state index contributed by atoms with van der Waals surface area (Å²) in [6, 6.07) is 9.88. The van der Waals surface area contributed by atoms with E-state index in [1.54, 1.807) is 31.4 Å². The van der Waals surface area contributed by atoms with Crippen molar-refractivity contribution in [2.24, 2.45) is 4.99 Å². The van der Waals surface area contributed by atoms with Crippen molar-refractivity contribution in [2.75, 3.05) is 26.7 Å². The van der Waals surface area contributed by atoms with Gasteiger partial charge in [0.1, 0.15) is 17.3 Å². The average Bonchev–Trinajstić information content (AvgIpc) is 3.56. The maximum absolute atomic E-state index is 13.0. The topological polar surface area (TPSA) is 70.1 Å². The molecule has 1 aliphatic heterocycles. The van der Waals surface area contributed by atoms with E-state index in [-0.39, 0.29) is 11.7 Å². The van der Waals surface area contributed by atoms with Crippen molar-refractivity contribution in [3.63, 3.8) is 0 Å². The van der Waals surface area contributed by atoms with E-state index in [1.165, 1.54) is 12.1 Å². The van der Waals surface area contributed by atoms with Crippen LogP contribution in [0.5, 0.6) is 11.5 Å². The van der Waals surface area contributed by atoms with Gasteiger partial charge in [-0.1, -0.05) is 0 Å². The summed E-state index contributed by atoms with van der Waals surface area (Å²) in [5, 5.41) is 3.27. The quantitative estimate of drug-likeness (QED) is 0.620. The van der Waals surface area contributed by atoms with Gasteiger partial charge in [-0.25, -0.2) is 4.39 Å². The van der Waals surface area contributed by atoms with Crippen molar-refractivity contribution < 1.29 is 13.9 Å². The van der Waals surface area contributed by atoms with Crippen LogP contribution >= 0.6 is 0 Å². The molecular formula is C21H24FN5O2. The van der Waals surface area contributed by atoms with Crippen molar-refractivity contribution in [1.29, 1.82) is 0 Å². The van der Waals surface area contributed by atoms with Crippen LogP contribution in [0.4, 0.5) is 4.39 Å². The van der Waals surface area contributed by atoms with Crippen molar-refractivity contribution in [2.45, 2.75) is 25.4 Å². The first-order valence-corrected chi connectivity index (χ1v) is 9.76. The van der Waals surface area contributed by atoms with E-state index in [1.807, 2.05) is 15.9 Å². The van der Waals surface area contributed by atoms with Gasteiger partial charge in [-0.15, -0.1) is 0 Å². The standard InChI is InChI=1S/C21H24FN5O2/c1-23-21(26-10-11-27(17-4-5-17)20(28)14-26)25-13-16-12-19(8-9-24-16)29-18-6-2-15(22)3-7-18/h2-3,6-9,12,17H,4-5,10-11,13-14H2,1H3,(H,23,25). The molecule has 1 saturated carbocycles. The highest BCUT2D eigenvalue weighted by molar-refractivity contribution is 5.87. The van der Waals surface area contributed by atoms with Crippen LogP contribution < -0.4 is 10.1 Å². The zero-order valence-corrected chi connectivity index (χ0v) is 16.3. The fourth-order valence-electron chi connectivity index (χ4n) is 3.40. The number of rotatable bonds is 5. The molecule has 1 amide bonds. The second-order valence-electron chi connectivity index (χ2n) is 7.18. The van der Waals surface area contributed by atoms with Gasteiger partial charge < -0.3 is 19.9 Å². The molecule has 2 aliphatic rings. The smallest absolute Gasteiger partial charge is 0.242 e. The van der Waals surface area contributed by atoms with E-state index in [4.69, 9.17) is 4.74 Å². The molecule has 0 unspecified atom stereocenters.